The summed E-state index contributed by atoms with van der Waals surface area (Å²) in [6.07, 6.45) is 0. The summed E-state index contributed by atoms with van der Waals surface area (Å²) in [4.78, 5) is 2.80. The lowest BCUT2D eigenvalue weighted by Crippen LogP contribution is -2.08. The Morgan fingerprint density at radius 1 is 1.00 bits per heavy atom. The van der Waals surface area contributed by atoms with Crippen LogP contribution >= 0.6 is 11.3 Å². The third-order valence-electron chi connectivity index (χ3n) is 4.80. The van der Waals surface area contributed by atoms with E-state index in [9.17, 15) is 0 Å². The van der Waals surface area contributed by atoms with E-state index in [0.29, 0.717) is 5.82 Å². The third-order valence-corrected chi connectivity index (χ3v) is 5.75. The minimum atomic E-state index is 0.628. The van der Waals surface area contributed by atoms with Crippen LogP contribution in [0.4, 0.5) is 5.69 Å². The number of H-pyrrole nitrogens is 1. The van der Waals surface area contributed by atoms with Crippen LogP contribution < -0.4 is 9.64 Å². The fourth-order valence-electron chi connectivity index (χ4n) is 3.16. The van der Waals surface area contributed by atoms with Crippen LogP contribution in [0, 0.1) is 0 Å². The molecule has 0 bridgehead atoms. The number of hydrogen-bond acceptors (Lipinski definition) is 7. The molecule has 0 aliphatic heterocycles. The van der Waals surface area contributed by atoms with E-state index in [4.69, 9.17) is 9.84 Å². The maximum absolute atomic E-state index is 5.22. The fourth-order valence-corrected chi connectivity index (χ4v) is 4.00. The van der Waals surface area contributed by atoms with Gasteiger partial charge < -0.3 is 9.64 Å². The van der Waals surface area contributed by atoms with Crippen LogP contribution in [0.15, 0.2) is 54.6 Å². The van der Waals surface area contributed by atoms with E-state index in [0.717, 1.165) is 43.9 Å². The molecule has 2 aromatic carbocycles. The van der Waals surface area contributed by atoms with Gasteiger partial charge in [-0.1, -0.05) is 23.5 Å². The van der Waals surface area contributed by atoms with Gasteiger partial charge in [0.05, 0.1) is 12.8 Å². The Bertz CT molecular complexity index is 1320. The van der Waals surface area contributed by atoms with Crippen molar-refractivity contribution in [1.82, 2.24) is 30.0 Å². The predicted molar refractivity (Wildman–Crippen MR) is 118 cm³/mol. The minimum absolute atomic E-state index is 0.628. The number of nitrogens with one attached hydrogen (secondary N) is 1. The Morgan fingerprint density at radius 2 is 1.83 bits per heavy atom. The molecule has 5 aromatic rings. The molecule has 30 heavy (non-hydrogen) atoms. The highest BCUT2D eigenvalue weighted by molar-refractivity contribution is 7.19. The van der Waals surface area contributed by atoms with Crippen LogP contribution in [0.25, 0.3) is 38.3 Å². The van der Waals surface area contributed by atoms with E-state index < -0.39 is 0 Å². The van der Waals surface area contributed by atoms with Gasteiger partial charge in [0.2, 0.25) is 10.8 Å². The molecule has 1 N–H and O–H groups in total. The second kappa shape index (κ2) is 7.27. The Balaban J connectivity index is 1.50. The maximum Gasteiger partial charge on any atom is 0.235 e. The minimum Gasteiger partial charge on any atom is -0.497 e. The van der Waals surface area contributed by atoms with Gasteiger partial charge in [-0.2, -0.15) is 14.7 Å². The lowest BCUT2D eigenvalue weighted by atomic mass is 10.1. The molecule has 0 saturated heterocycles. The average molecular weight is 417 g/mol. The van der Waals surface area contributed by atoms with Gasteiger partial charge in [0.25, 0.3) is 0 Å². The highest BCUT2D eigenvalue weighted by Crippen LogP contribution is 2.30. The van der Waals surface area contributed by atoms with Crippen molar-refractivity contribution in [2.24, 2.45) is 0 Å². The lowest BCUT2D eigenvalue weighted by Gasteiger charge is -2.12. The first kappa shape index (κ1) is 18.3. The number of aromatic amines is 1. The predicted octanol–water partition coefficient (Wildman–Crippen LogP) is 3.98. The summed E-state index contributed by atoms with van der Waals surface area (Å²) in [7, 11) is 5.69. The monoisotopic (exact) mass is 417 g/mol. The van der Waals surface area contributed by atoms with Gasteiger partial charge >= 0.3 is 0 Å². The first-order chi connectivity index (χ1) is 14.6. The Labute approximate surface area is 176 Å². The highest BCUT2D eigenvalue weighted by Gasteiger charge is 2.17. The van der Waals surface area contributed by atoms with Gasteiger partial charge in [-0.05, 0) is 42.5 Å². The van der Waals surface area contributed by atoms with Gasteiger partial charge in [-0.25, -0.2) is 0 Å². The number of methoxy groups -OCH3 is 1. The van der Waals surface area contributed by atoms with E-state index in [2.05, 4.69) is 43.5 Å². The molecule has 0 fully saturated rings. The number of rotatable bonds is 5. The topological polar surface area (TPSA) is 84.2 Å². The molecular formula is C21H19N7OS. The molecule has 0 radical (unpaired) electrons. The molecular weight excluding hydrogens is 398 g/mol. The smallest absolute Gasteiger partial charge is 0.235 e. The second-order valence-corrected chi connectivity index (χ2v) is 7.92. The summed E-state index contributed by atoms with van der Waals surface area (Å²) in [6.45, 7) is 0. The van der Waals surface area contributed by atoms with Crippen LogP contribution in [0.1, 0.15) is 0 Å². The molecule has 0 saturated carbocycles. The van der Waals surface area contributed by atoms with E-state index in [1.54, 1.807) is 11.6 Å². The zero-order chi connectivity index (χ0) is 20.7. The Hall–Kier alpha value is -3.72. The quantitative estimate of drug-likeness (QED) is 0.466. The van der Waals surface area contributed by atoms with E-state index >= 15 is 0 Å². The van der Waals surface area contributed by atoms with Crippen molar-refractivity contribution in [3.63, 3.8) is 0 Å². The van der Waals surface area contributed by atoms with Gasteiger partial charge in [0.15, 0.2) is 0 Å². The summed E-state index contributed by atoms with van der Waals surface area (Å²) in [5.41, 5.74) is 4.73. The molecule has 0 aliphatic carbocycles. The normalized spacial score (nSPS) is 11.2. The number of anilines is 1. The number of fused-ring (bicyclic) bond motifs is 1. The maximum atomic E-state index is 5.22. The Kier molecular flexibility index (Phi) is 4.44. The molecule has 5 rings (SSSR count). The SMILES string of the molecule is COc1ccc(-c2cc(-c3nnc4sc(-c5cccc(N(C)C)c5)nn34)[nH]n2)cc1. The van der Waals surface area contributed by atoms with Crippen molar-refractivity contribution in [3.8, 4) is 39.1 Å². The van der Waals surface area contributed by atoms with Crippen molar-refractivity contribution in [2.75, 3.05) is 26.1 Å². The lowest BCUT2D eigenvalue weighted by molar-refractivity contribution is 0.415. The van der Waals surface area contributed by atoms with E-state index in [1.807, 2.05) is 50.5 Å². The van der Waals surface area contributed by atoms with Gasteiger partial charge in [0, 0.05) is 30.9 Å². The van der Waals surface area contributed by atoms with Crippen molar-refractivity contribution in [3.05, 3.63) is 54.6 Å². The molecule has 3 aromatic heterocycles. The zero-order valence-corrected chi connectivity index (χ0v) is 17.5. The zero-order valence-electron chi connectivity index (χ0n) is 16.7. The van der Waals surface area contributed by atoms with Gasteiger partial charge in [0.1, 0.15) is 16.5 Å². The van der Waals surface area contributed by atoms with Crippen LogP contribution in [-0.2, 0) is 0 Å². The van der Waals surface area contributed by atoms with Crippen molar-refractivity contribution < 1.29 is 4.74 Å². The van der Waals surface area contributed by atoms with Crippen LogP contribution in [0.3, 0.4) is 0 Å². The van der Waals surface area contributed by atoms with Crippen LogP contribution in [0.2, 0.25) is 0 Å². The summed E-state index contributed by atoms with van der Waals surface area (Å²) in [5.74, 6) is 1.44. The molecule has 0 aliphatic rings. The number of benzene rings is 2. The summed E-state index contributed by atoms with van der Waals surface area (Å²) in [5, 5.41) is 21.7. The third kappa shape index (κ3) is 3.18. The number of aromatic nitrogens is 6. The standard InChI is InChI=1S/C21H19N7OS/c1-27(2)15-6-4-5-14(11-15)20-26-28-19(24-25-21(28)30-20)18-12-17(22-23-18)13-7-9-16(29-3)10-8-13/h4-12H,1-3H3,(H,22,23). The molecule has 0 unspecified atom stereocenters. The fraction of sp³-hybridized carbons (Fsp3) is 0.143. The number of ether oxygens (including phenoxy) is 1. The van der Waals surface area contributed by atoms with Crippen LogP contribution in [-0.4, -0.2) is 51.2 Å². The average Bonchev–Trinajstić information content (AvgIpc) is 3.49. The molecule has 3 heterocycles. The first-order valence-electron chi connectivity index (χ1n) is 9.32. The van der Waals surface area contributed by atoms with Crippen molar-refractivity contribution >= 4 is 22.0 Å². The van der Waals surface area contributed by atoms with E-state index in [-0.39, 0.29) is 0 Å². The van der Waals surface area contributed by atoms with Crippen molar-refractivity contribution in [1.29, 1.82) is 0 Å². The first-order valence-corrected chi connectivity index (χ1v) is 10.1. The van der Waals surface area contributed by atoms with Crippen LogP contribution in [0.5, 0.6) is 5.75 Å². The largest absolute Gasteiger partial charge is 0.497 e. The number of nitrogens with zero attached hydrogens (tertiary/aromatic N) is 6. The second-order valence-electron chi connectivity index (χ2n) is 6.97. The molecule has 8 nitrogen and oxygen atoms in total. The van der Waals surface area contributed by atoms with E-state index in [1.165, 1.54) is 11.3 Å². The molecule has 150 valence electrons. The molecule has 0 atom stereocenters. The van der Waals surface area contributed by atoms with Gasteiger partial charge in [-0.3, -0.25) is 5.10 Å². The number of hydrogen-bond donors (Lipinski definition) is 1. The van der Waals surface area contributed by atoms with Crippen molar-refractivity contribution in [2.45, 2.75) is 0 Å². The summed E-state index contributed by atoms with van der Waals surface area (Å²) >= 11 is 1.51. The molecule has 0 spiro atoms. The molecule has 9 heteroatoms. The summed E-state index contributed by atoms with van der Waals surface area (Å²) in [6, 6.07) is 18.0. The van der Waals surface area contributed by atoms with Gasteiger partial charge in [-0.15, -0.1) is 10.2 Å². The molecule has 0 amide bonds. The summed E-state index contributed by atoms with van der Waals surface area (Å²) < 4.78 is 6.97. The Morgan fingerprint density at radius 3 is 2.60 bits per heavy atom. The highest BCUT2D eigenvalue weighted by atomic mass is 32.1.